The Labute approximate surface area is 250 Å². The molecule has 2 aromatic rings. The zero-order valence-electron chi connectivity index (χ0n) is 25.8. The number of hydrogen-bond donors (Lipinski definition) is 2. The van der Waals surface area contributed by atoms with Crippen molar-refractivity contribution in [3.05, 3.63) is 29.6 Å². The van der Waals surface area contributed by atoms with E-state index in [1.807, 2.05) is 37.5 Å². The van der Waals surface area contributed by atoms with E-state index in [9.17, 15) is 26.2 Å². The maximum atomic E-state index is 14.7. The molecule has 0 spiro atoms. The first-order chi connectivity index (χ1) is 19.3. The lowest BCUT2D eigenvalue weighted by Gasteiger charge is -2.35. The fourth-order valence-electron chi connectivity index (χ4n) is 5.03. The first-order valence-corrected chi connectivity index (χ1v) is 19.6. The van der Waals surface area contributed by atoms with E-state index in [2.05, 4.69) is 29.7 Å². The van der Waals surface area contributed by atoms with Gasteiger partial charge in [0, 0.05) is 40.1 Å². The highest BCUT2D eigenvalue weighted by atomic mass is 32.2. The summed E-state index contributed by atoms with van der Waals surface area (Å²) in [6.45, 7) is 14.4. The molecule has 1 aliphatic carbocycles. The molecule has 1 fully saturated rings. The van der Waals surface area contributed by atoms with Crippen LogP contribution in [-0.2, 0) is 22.5 Å². The summed E-state index contributed by atoms with van der Waals surface area (Å²) in [5, 5.41) is 2.93. The Balaban J connectivity index is 2.04. The predicted octanol–water partition coefficient (Wildman–Crippen LogP) is 7.87. The Bertz CT molecular complexity index is 1210. The number of nitrogens with one attached hydrogen (secondary N) is 2. The number of imidazole rings is 1. The molecular weight excluding hydrogens is 591 g/mol. The lowest BCUT2D eigenvalue weighted by molar-refractivity contribution is -0.133. The van der Waals surface area contributed by atoms with Gasteiger partial charge in [-0.25, -0.2) is 22.7 Å². The van der Waals surface area contributed by atoms with Gasteiger partial charge in [-0.1, -0.05) is 25.7 Å². The van der Waals surface area contributed by atoms with Crippen LogP contribution in [0.1, 0.15) is 83.3 Å². The molecule has 240 valence electrons. The molecule has 0 radical (unpaired) electrons. The molecule has 0 saturated heterocycles. The molecule has 1 heterocycles. The Hall–Kier alpha value is -1.41. The van der Waals surface area contributed by atoms with E-state index in [-0.39, 0.29) is 32.2 Å². The monoisotopic (exact) mass is 638 g/mol. The van der Waals surface area contributed by atoms with Gasteiger partial charge in [-0.15, -0.1) is 0 Å². The maximum absolute atomic E-state index is 14.7. The highest BCUT2D eigenvalue weighted by Crippen LogP contribution is 2.43. The quantitative estimate of drug-likeness (QED) is 0.133. The minimum atomic E-state index is -4.25. The number of aromatic nitrogens is 2. The molecule has 0 amide bonds. The van der Waals surface area contributed by atoms with E-state index in [1.165, 1.54) is 0 Å². The van der Waals surface area contributed by atoms with Gasteiger partial charge in [-0.2, -0.15) is 13.2 Å². The number of alkyl halides is 5. The smallest absolute Gasteiger partial charge is 0.361 e. The van der Waals surface area contributed by atoms with Crippen LogP contribution in [0.2, 0.25) is 25.7 Å². The summed E-state index contributed by atoms with van der Waals surface area (Å²) in [5.74, 6) is -2.84. The molecule has 1 aromatic carbocycles. The van der Waals surface area contributed by atoms with Gasteiger partial charge in [-0.05, 0) is 70.2 Å². The molecule has 42 heavy (non-hydrogen) atoms. The molecular formula is C29H47F5N4O2SSi. The van der Waals surface area contributed by atoms with Crippen molar-refractivity contribution < 1.29 is 30.9 Å². The van der Waals surface area contributed by atoms with Crippen LogP contribution in [0.5, 0.6) is 0 Å². The largest absolute Gasteiger partial charge is 0.390 e. The van der Waals surface area contributed by atoms with Crippen LogP contribution in [0.4, 0.5) is 22.0 Å². The summed E-state index contributed by atoms with van der Waals surface area (Å²) in [7, 11) is -2.93. The first-order valence-electron chi connectivity index (χ1n) is 14.7. The van der Waals surface area contributed by atoms with Gasteiger partial charge < -0.3 is 14.6 Å². The molecule has 13 heteroatoms. The molecule has 3 rings (SSSR count). The molecule has 2 N–H and O–H groups in total. The zero-order valence-corrected chi connectivity index (χ0v) is 27.7. The van der Waals surface area contributed by atoms with Crippen molar-refractivity contribution in [3.8, 4) is 0 Å². The Morgan fingerprint density at radius 2 is 1.90 bits per heavy atom. The van der Waals surface area contributed by atoms with Crippen molar-refractivity contribution in [2.24, 2.45) is 5.92 Å². The van der Waals surface area contributed by atoms with Gasteiger partial charge in [0.15, 0.2) is 0 Å². The van der Waals surface area contributed by atoms with Crippen molar-refractivity contribution >= 4 is 30.1 Å². The Kier molecular flexibility index (Phi) is 11.4. The maximum Gasteiger partial charge on any atom is 0.390 e. The van der Waals surface area contributed by atoms with E-state index >= 15 is 0 Å². The molecule has 1 aliphatic rings. The third-order valence-corrected chi connectivity index (χ3v) is 10.9. The van der Waals surface area contributed by atoms with E-state index in [1.54, 1.807) is 13.0 Å². The Morgan fingerprint density at radius 3 is 2.50 bits per heavy atom. The number of fused-ring (bicyclic) bond motifs is 1. The zero-order chi connectivity index (χ0) is 31.5. The van der Waals surface area contributed by atoms with E-state index < -0.39 is 54.3 Å². The van der Waals surface area contributed by atoms with Crippen molar-refractivity contribution in [3.63, 3.8) is 0 Å². The summed E-state index contributed by atoms with van der Waals surface area (Å²) in [6.07, 6.45) is -4.79. The second kappa shape index (κ2) is 13.7. The number of nitrogens with zero attached hydrogens (tertiary/aromatic N) is 2. The van der Waals surface area contributed by atoms with Crippen LogP contribution >= 0.6 is 0 Å². The van der Waals surface area contributed by atoms with E-state index in [0.717, 1.165) is 11.6 Å². The number of rotatable bonds is 13. The average Bonchev–Trinajstić information content (AvgIpc) is 3.19. The predicted molar refractivity (Wildman–Crippen MR) is 162 cm³/mol. The second-order valence-corrected chi connectivity index (χ2v) is 21.3. The summed E-state index contributed by atoms with van der Waals surface area (Å²) >= 11 is 0. The van der Waals surface area contributed by atoms with Crippen molar-refractivity contribution in [2.75, 3.05) is 13.2 Å². The van der Waals surface area contributed by atoms with Gasteiger partial charge in [0.2, 0.25) is 5.92 Å². The van der Waals surface area contributed by atoms with Gasteiger partial charge >= 0.3 is 6.18 Å². The average molecular weight is 639 g/mol. The summed E-state index contributed by atoms with van der Waals surface area (Å²) in [5.41, 5.74) is 2.07. The van der Waals surface area contributed by atoms with Crippen LogP contribution in [-0.4, -0.2) is 51.8 Å². The molecule has 1 unspecified atom stereocenters. The van der Waals surface area contributed by atoms with Crippen LogP contribution in [0.15, 0.2) is 18.2 Å². The van der Waals surface area contributed by atoms with Gasteiger partial charge in [0.05, 0.1) is 39.2 Å². The molecule has 1 saturated carbocycles. The van der Waals surface area contributed by atoms with Crippen molar-refractivity contribution in [1.82, 2.24) is 19.6 Å². The number of hydrogen-bond acceptors (Lipinski definition) is 4. The minimum Gasteiger partial charge on any atom is -0.361 e. The van der Waals surface area contributed by atoms with Gasteiger partial charge in [0.25, 0.3) is 0 Å². The summed E-state index contributed by atoms with van der Waals surface area (Å²) in [4.78, 5) is 4.87. The Morgan fingerprint density at radius 1 is 1.21 bits per heavy atom. The lowest BCUT2D eigenvalue weighted by Crippen LogP contribution is -2.42. The topological polar surface area (TPSA) is 68.2 Å². The first kappa shape index (κ1) is 35.1. The fourth-order valence-corrected chi connectivity index (χ4v) is 6.67. The standard InChI is InChI=1S/C29H47F5N4O2SSi/c1-20(35-14-13-29(32,33)34)21-10-11-23-24(17-21)38(19-40-15-16-42(5,6)7)26(36-23)25(37-41(39)27(2,3)4)22-9-8-12-28(30,31)18-22/h10-11,17,20,22,25,35,37H,8-9,12-16,18-19H2,1-7H3/t20-,22-,25?,41-/m1/s1. The highest BCUT2D eigenvalue weighted by Gasteiger charge is 2.42. The SMILES string of the molecule is C[C@@H](NCCC(F)(F)F)c1ccc2nc(C(N[S@](=O)C(C)(C)C)[C@@H]3CCCC(F)(F)C3)n(COCC[Si](C)(C)C)c2c1. The third kappa shape index (κ3) is 10.3. The number of ether oxygens (including phenoxy) is 1. The molecule has 1 aromatic heterocycles. The number of benzene rings is 1. The van der Waals surface area contributed by atoms with E-state index in [0.29, 0.717) is 36.3 Å². The van der Waals surface area contributed by atoms with E-state index in [4.69, 9.17) is 9.72 Å². The fraction of sp³-hybridized carbons (Fsp3) is 0.759. The molecule has 4 atom stereocenters. The van der Waals surface area contributed by atoms with Crippen LogP contribution in [0.3, 0.4) is 0 Å². The van der Waals surface area contributed by atoms with Crippen LogP contribution in [0, 0.1) is 5.92 Å². The second-order valence-electron chi connectivity index (χ2n) is 13.7. The van der Waals surface area contributed by atoms with Crippen molar-refractivity contribution in [2.45, 2.75) is 121 Å². The van der Waals surface area contributed by atoms with Gasteiger partial charge in [0.1, 0.15) is 12.6 Å². The summed E-state index contributed by atoms with van der Waals surface area (Å²) < 4.78 is 91.2. The van der Waals surface area contributed by atoms with Crippen LogP contribution < -0.4 is 10.0 Å². The lowest BCUT2D eigenvalue weighted by atomic mass is 9.81. The normalized spacial score (nSPS) is 20.5. The molecule has 0 bridgehead atoms. The summed E-state index contributed by atoms with van der Waals surface area (Å²) in [6, 6.07) is 5.33. The van der Waals surface area contributed by atoms with Gasteiger partial charge in [-0.3, -0.25) is 0 Å². The van der Waals surface area contributed by atoms with Crippen LogP contribution in [0.25, 0.3) is 11.0 Å². The molecule has 0 aliphatic heterocycles. The minimum absolute atomic E-state index is 0.124. The molecule has 6 nitrogen and oxygen atoms in total. The van der Waals surface area contributed by atoms with Crippen molar-refractivity contribution in [1.29, 1.82) is 0 Å². The number of halogens is 5. The highest BCUT2D eigenvalue weighted by molar-refractivity contribution is 7.84. The third-order valence-electron chi connectivity index (χ3n) is 7.60.